The van der Waals surface area contributed by atoms with Crippen LogP contribution in [0.5, 0.6) is 0 Å². The highest BCUT2D eigenvalue weighted by Gasteiger charge is 2.67. The first-order valence-electron chi connectivity index (χ1n) is 10.0. The second kappa shape index (κ2) is 6.77. The Morgan fingerprint density at radius 3 is 2.87 bits per heavy atom. The van der Waals surface area contributed by atoms with E-state index >= 15 is 0 Å². The topological polar surface area (TPSA) is 78.5 Å². The molecule has 3 aliphatic rings. The maximum Gasteiger partial charge on any atom is 0.230 e. The molecule has 1 aromatic heterocycles. The van der Waals surface area contributed by atoms with Gasteiger partial charge in [-0.05, 0) is 24.6 Å². The fraction of sp³-hybridized carbons (Fsp3) is 0.409. The van der Waals surface area contributed by atoms with E-state index in [1.54, 1.807) is 35.2 Å². The molecule has 8 heteroatoms. The Morgan fingerprint density at radius 1 is 1.40 bits per heavy atom. The number of likely N-dealkylation sites (tertiary alicyclic amines) is 1. The van der Waals surface area contributed by atoms with Gasteiger partial charge in [0.15, 0.2) is 0 Å². The number of H-pyrrole nitrogens is 1. The second-order valence-corrected chi connectivity index (χ2v) is 8.43. The normalized spacial score (nSPS) is 29.0. The lowest BCUT2D eigenvalue weighted by atomic mass is 9.76. The molecule has 30 heavy (non-hydrogen) atoms. The number of rotatable bonds is 5. The Bertz CT molecular complexity index is 1030. The standard InChI is InChI=1S/C22H23FN4O3/c1-13-9-24-17(25-13)11-26(2)20(28)18-16-7-8-22(30-16)12-27(21(29)19(18)22)10-14-3-5-15(23)6-4-14/h3-9,16,18-19H,10-12H2,1-2H3,(H,24,25)/t16-,18-,19-,22-/m0/s1. The number of carbonyl (C=O) groups is 2. The van der Waals surface area contributed by atoms with Crippen LogP contribution in [0.1, 0.15) is 17.1 Å². The van der Waals surface area contributed by atoms with Crippen LogP contribution >= 0.6 is 0 Å². The van der Waals surface area contributed by atoms with Crippen molar-refractivity contribution < 1.29 is 18.7 Å². The molecule has 2 bridgehead atoms. The number of nitrogens with zero attached hydrogens (tertiary/aromatic N) is 3. The average molecular weight is 410 g/mol. The lowest BCUT2D eigenvalue weighted by molar-refractivity contribution is -0.143. The van der Waals surface area contributed by atoms with Crippen molar-refractivity contribution in [3.05, 3.63) is 65.5 Å². The number of amides is 2. The molecule has 7 nitrogen and oxygen atoms in total. The van der Waals surface area contributed by atoms with Gasteiger partial charge in [-0.1, -0.05) is 24.3 Å². The van der Waals surface area contributed by atoms with Gasteiger partial charge in [0.25, 0.3) is 0 Å². The molecule has 1 aromatic carbocycles. The predicted octanol–water partition coefficient (Wildman–Crippen LogP) is 1.80. The van der Waals surface area contributed by atoms with Crippen molar-refractivity contribution >= 4 is 11.8 Å². The highest BCUT2D eigenvalue weighted by molar-refractivity contribution is 5.93. The van der Waals surface area contributed by atoms with E-state index in [4.69, 9.17) is 4.74 Å². The first kappa shape index (κ1) is 19.0. The number of hydrogen-bond donors (Lipinski definition) is 1. The summed E-state index contributed by atoms with van der Waals surface area (Å²) in [4.78, 5) is 37.3. The average Bonchev–Trinajstić information content (AvgIpc) is 3.45. The van der Waals surface area contributed by atoms with Crippen molar-refractivity contribution in [2.45, 2.75) is 31.7 Å². The summed E-state index contributed by atoms with van der Waals surface area (Å²) in [6.07, 6.45) is 5.17. The molecule has 3 aliphatic heterocycles. The van der Waals surface area contributed by atoms with Crippen LogP contribution in [0.2, 0.25) is 0 Å². The highest BCUT2D eigenvalue weighted by Crippen LogP contribution is 2.52. The van der Waals surface area contributed by atoms with Crippen LogP contribution in [0.4, 0.5) is 4.39 Å². The summed E-state index contributed by atoms with van der Waals surface area (Å²) in [5, 5.41) is 0. The van der Waals surface area contributed by atoms with Crippen molar-refractivity contribution in [3.8, 4) is 0 Å². The predicted molar refractivity (Wildman–Crippen MR) is 105 cm³/mol. The van der Waals surface area contributed by atoms with Crippen LogP contribution in [-0.4, -0.2) is 56.9 Å². The zero-order chi connectivity index (χ0) is 21.0. The molecule has 0 unspecified atom stereocenters. The van der Waals surface area contributed by atoms with Gasteiger partial charge in [-0.15, -0.1) is 0 Å². The molecule has 2 amide bonds. The molecule has 1 spiro atoms. The summed E-state index contributed by atoms with van der Waals surface area (Å²) in [7, 11) is 1.72. The lowest BCUT2D eigenvalue weighted by Crippen LogP contribution is -2.44. The molecule has 0 radical (unpaired) electrons. The molecule has 0 saturated carbocycles. The lowest BCUT2D eigenvalue weighted by Gasteiger charge is -2.27. The molecule has 2 fully saturated rings. The number of carbonyl (C=O) groups excluding carboxylic acids is 2. The summed E-state index contributed by atoms with van der Waals surface area (Å²) >= 11 is 0. The zero-order valence-corrected chi connectivity index (χ0v) is 16.8. The van der Waals surface area contributed by atoms with E-state index in [0.29, 0.717) is 25.5 Å². The van der Waals surface area contributed by atoms with Gasteiger partial charge >= 0.3 is 0 Å². The Morgan fingerprint density at radius 2 is 2.17 bits per heavy atom. The molecule has 156 valence electrons. The van der Waals surface area contributed by atoms with Crippen LogP contribution in [0.3, 0.4) is 0 Å². The summed E-state index contributed by atoms with van der Waals surface area (Å²) < 4.78 is 19.4. The number of halogens is 1. The first-order valence-corrected chi connectivity index (χ1v) is 10.0. The number of benzene rings is 1. The minimum atomic E-state index is -0.760. The minimum Gasteiger partial charge on any atom is -0.360 e. The van der Waals surface area contributed by atoms with Gasteiger partial charge in [0.2, 0.25) is 11.8 Å². The molecule has 2 aromatic rings. The van der Waals surface area contributed by atoms with E-state index in [-0.39, 0.29) is 23.7 Å². The Balaban J connectivity index is 1.35. The fourth-order valence-electron chi connectivity index (χ4n) is 4.91. The van der Waals surface area contributed by atoms with Crippen molar-refractivity contribution in [1.29, 1.82) is 0 Å². The maximum atomic E-state index is 13.3. The Kier molecular flexibility index (Phi) is 4.28. The number of imidazole rings is 1. The fourth-order valence-corrected chi connectivity index (χ4v) is 4.91. The number of aryl methyl sites for hydroxylation is 1. The van der Waals surface area contributed by atoms with Crippen molar-refractivity contribution in [1.82, 2.24) is 19.8 Å². The van der Waals surface area contributed by atoms with Crippen LogP contribution in [0.15, 0.2) is 42.6 Å². The molecule has 4 atom stereocenters. The molecular formula is C22H23FN4O3. The van der Waals surface area contributed by atoms with Gasteiger partial charge in [-0.2, -0.15) is 0 Å². The van der Waals surface area contributed by atoms with E-state index in [1.807, 2.05) is 19.1 Å². The Hall–Kier alpha value is -3.00. The van der Waals surface area contributed by atoms with E-state index in [1.165, 1.54) is 12.1 Å². The maximum absolute atomic E-state index is 13.3. The summed E-state index contributed by atoms with van der Waals surface area (Å²) in [5.41, 5.74) is 1.01. The van der Waals surface area contributed by atoms with E-state index in [2.05, 4.69) is 9.97 Å². The molecule has 0 aliphatic carbocycles. The minimum absolute atomic E-state index is 0.0910. The highest BCUT2D eigenvalue weighted by atomic mass is 19.1. The van der Waals surface area contributed by atoms with Gasteiger partial charge in [-0.3, -0.25) is 9.59 Å². The van der Waals surface area contributed by atoms with Crippen molar-refractivity contribution in [2.24, 2.45) is 11.8 Å². The number of ether oxygens (including phenoxy) is 1. The zero-order valence-electron chi connectivity index (χ0n) is 16.8. The smallest absolute Gasteiger partial charge is 0.230 e. The molecule has 4 heterocycles. The quantitative estimate of drug-likeness (QED) is 0.763. The number of aromatic nitrogens is 2. The van der Waals surface area contributed by atoms with Crippen LogP contribution < -0.4 is 0 Å². The van der Waals surface area contributed by atoms with Crippen LogP contribution in [-0.2, 0) is 27.4 Å². The van der Waals surface area contributed by atoms with Gasteiger partial charge in [-0.25, -0.2) is 9.37 Å². The van der Waals surface area contributed by atoms with Gasteiger partial charge in [0.05, 0.1) is 31.0 Å². The van der Waals surface area contributed by atoms with Crippen LogP contribution in [0.25, 0.3) is 0 Å². The summed E-state index contributed by atoms with van der Waals surface area (Å²) in [6, 6.07) is 6.11. The van der Waals surface area contributed by atoms with Crippen molar-refractivity contribution in [2.75, 3.05) is 13.6 Å². The third-order valence-corrected chi connectivity index (χ3v) is 6.27. The monoisotopic (exact) mass is 410 g/mol. The van der Waals surface area contributed by atoms with Crippen LogP contribution in [0, 0.1) is 24.6 Å². The third kappa shape index (κ3) is 2.94. The van der Waals surface area contributed by atoms with Gasteiger partial charge in [0.1, 0.15) is 17.2 Å². The molecule has 1 N–H and O–H groups in total. The number of nitrogens with one attached hydrogen (secondary N) is 1. The SMILES string of the molecule is Cc1cnc(CN(C)C(=O)[C@H]2[C@@H]3C=C[C@@]4(CN(Cc5ccc(F)cc5)C(=O)[C@H]24)O3)[nH]1. The molecule has 5 rings (SSSR count). The molecular weight excluding hydrogens is 387 g/mol. The molecule has 2 saturated heterocycles. The second-order valence-electron chi connectivity index (χ2n) is 8.43. The third-order valence-electron chi connectivity index (χ3n) is 6.27. The number of hydrogen-bond acceptors (Lipinski definition) is 4. The van der Waals surface area contributed by atoms with E-state index < -0.39 is 17.4 Å². The largest absolute Gasteiger partial charge is 0.360 e. The van der Waals surface area contributed by atoms with Gasteiger partial charge < -0.3 is 19.5 Å². The van der Waals surface area contributed by atoms with E-state index in [0.717, 1.165) is 11.3 Å². The summed E-state index contributed by atoms with van der Waals surface area (Å²) in [6.45, 7) is 3.00. The first-order chi connectivity index (χ1) is 14.4. The number of aromatic amines is 1. The Labute approximate surface area is 173 Å². The summed E-state index contributed by atoms with van der Waals surface area (Å²) in [5.74, 6) is -0.919. The van der Waals surface area contributed by atoms with Gasteiger partial charge in [0, 0.05) is 25.5 Å². The number of fused-ring (bicyclic) bond motifs is 1. The van der Waals surface area contributed by atoms with Crippen molar-refractivity contribution in [3.63, 3.8) is 0 Å². The van der Waals surface area contributed by atoms with E-state index in [9.17, 15) is 14.0 Å².